The summed E-state index contributed by atoms with van der Waals surface area (Å²) in [5, 5.41) is 15.1. The Labute approximate surface area is 589 Å². The van der Waals surface area contributed by atoms with Crippen LogP contribution in [0.15, 0.2) is 96.0 Å². The molecule has 510 valence electrons. The number of carbonyl (C=O) groups is 4. The van der Waals surface area contributed by atoms with Crippen LogP contribution in [0.1, 0.15) is 180 Å². The number of nitrogens with two attached hydrogens (primary N) is 1. The van der Waals surface area contributed by atoms with E-state index in [2.05, 4.69) is 77.9 Å². The zero-order chi connectivity index (χ0) is 69.3. The van der Waals surface area contributed by atoms with Crippen molar-refractivity contribution in [1.82, 2.24) is 15.0 Å². The molecule has 3 aromatic heterocycles. The first-order valence-electron chi connectivity index (χ1n) is 33.4. The number of hydrogen-bond acceptors (Lipinski definition) is 15. The second kappa shape index (κ2) is 35.3. The highest BCUT2D eigenvalue weighted by Crippen LogP contribution is 2.38. The van der Waals surface area contributed by atoms with Crippen LogP contribution in [0, 0.1) is 98.8 Å². The lowest BCUT2D eigenvalue weighted by atomic mass is 9.99. The van der Waals surface area contributed by atoms with Gasteiger partial charge in [0.25, 0.3) is 0 Å². The predicted molar refractivity (Wildman–Crippen MR) is 395 cm³/mol. The highest BCUT2D eigenvalue weighted by Gasteiger charge is 2.26. The third-order valence-electron chi connectivity index (χ3n) is 17.2. The molecule has 3 N–H and O–H groups in total. The lowest BCUT2D eigenvalue weighted by Gasteiger charge is -2.12. The summed E-state index contributed by atoms with van der Waals surface area (Å²) in [5.41, 5.74) is 23.3. The molecule has 5 fully saturated rings. The van der Waals surface area contributed by atoms with Crippen molar-refractivity contribution >= 4 is 78.5 Å². The molecule has 0 saturated heterocycles. The van der Waals surface area contributed by atoms with Gasteiger partial charge in [0.2, 0.25) is 0 Å². The number of nitrogens with zero attached hydrogens (tertiary/aromatic N) is 3. The molecular formula is C79H94BrClN4O9S2. The van der Waals surface area contributed by atoms with E-state index >= 15 is 0 Å². The Kier molecular flexibility index (Phi) is 27.4. The maximum atomic E-state index is 12.4. The van der Waals surface area contributed by atoms with Crippen LogP contribution in [0.5, 0.6) is 28.7 Å². The first kappa shape index (κ1) is 74.5. The summed E-state index contributed by atoms with van der Waals surface area (Å²) in [6, 6.07) is 22.9. The number of aryl methyl sites for hydroxylation is 10. The lowest BCUT2D eigenvalue weighted by Crippen LogP contribution is -2.07. The summed E-state index contributed by atoms with van der Waals surface area (Å²) in [6.45, 7) is 26.3. The minimum Gasteiger partial charge on any atom is -0.508 e. The summed E-state index contributed by atoms with van der Waals surface area (Å²) in [7, 11) is 0. The number of hydrogen-bond donors (Lipinski definition) is 2. The minimum absolute atomic E-state index is 0.0463. The SMILES string of the molecule is CC(=O)c1c(C)cc(O)cc1C.CC(=O)c1c(C)cc(OCC2CC2)cc1C.Cc1cc(OCC2CC2)cc(C)c1-c1csc(CC(=O)c2ccncc2)n1.Cc1cc(OCC2CC2)cc(C)c1-c1csc(N)n1.Cc1cc(OCC2CC2)cc(C)c1C(=O)CBr.ClCC1CC1. The number of thiazole rings is 2. The number of ether oxygens (including phenoxy) is 4. The first-order chi connectivity index (χ1) is 45.9. The number of halogens is 2. The quantitative estimate of drug-likeness (QED) is 0.0482. The maximum Gasteiger partial charge on any atom is 0.180 e. The molecule has 96 heavy (non-hydrogen) atoms. The van der Waals surface area contributed by atoms with E-state index in [1.807, 2.05) is 76.6 Å². The van der Waals surface area contributed by atoms with Crippen LogP contribution in [-0.2, 0) is 6.42 Å². The van der Waals surface area contributed by atoms with Crippen molar-refractivity contribution in [2.24, 2.45) is 29.6 Å². The van der Waals surface area contributed by atoms with E-state index in [1.54, 1.807) is 43.6 Å². The van der Waals surface area contributed by atoms with Gasteiger partial charge in [-0.2, -0.15) is 0 Å². The molecular weight excluding hydrogens is 1330 g/mol. The summed E-state index contributed by atoms with van der Waals surface area (Å²) in [4.78, 5) is 59.7. The molecule has 0 unspecified atom stereocenters. The van der Waals surface area contributed by atoms with E-state index in [0.717, 1.165) is 162 Å². The number of Topliss-reactive ketones (excluding diaryl/α,β-unsaturated/α-hetero) is 4. The van der Waals surface area contributed by atoms with Crippen LogP contribution >= 0.6 is 50.2 Å². The van der Waals surface area contributed by atoms with E-state index in [-0.39, 0.29) is 28.9 Å². The highest BCUT2D eigenvalue weighted by atomic mass is 79.9. The number of ketones is 4. The van der Waals surface area contributed by atoms with Gasteiger partial charge in [-0.15, -0.1) is 34.3 Å². The van der Waals surface area contributed by atoms with Crippen LogP contribution < -0.4 is 24.7 Å². The molecule has 0 atom stereocenters. The van der Waals surface area contributed by atoms with E-state index in [1.165, 1.54) is 110 Å². The topological polar surface area (TPSA) is 190 Å². The molecule has 13 nitrogen and oxygen atoms in total. The van der Waals surface area contributed by atoms with Gasteiger partial charge in [0.15, 0.2) is 28.3 Å². The van der Waals surface area contributed by atoms with Gasteiger partial charge in [0.1, 0.15) is 33.8 Å². The van der Waals surface area contributed by atoms with Gasteiger partial charge < -0.3 is 29.8 Å². The van der Waals surface area contributed by atoms with Crippen molar-refractivity contribution in [3.8, 4) is 51.3 Å². The van der Waals surface area contributed by atoms with Crippen LogP contribution in [0.3, 0.4) is 0 Å². The summed E-state index contributed by atoms with van der Waals surface area (Å²) >= 11 is 11.6. The Morgan fingerprint density at radius 3 is 1.14 bits per heavy atom. The van der Waals surface area contributed by atoms with Crippen LogP contribution in [-0.4, -0.2) is 80.8 Å². The third kappa shape index (κ3) is 23.2. The average Bonchev–Trinajstić information content (AvgIpc) is 1.87. The molecule has 0 radical (unpaired) electrons. The van der Waals surface area contributed by atoms with E-state index in [0.29, 0.717) is 28.0 Å². The molecule has 3 heterocycles. The smallest absolute Gasteiger partial charge is 0.180 e. The third-order valence-corrected chi connectivity index (χ3v) is 19.7. The zero-order valence-electron chi connectivity index (χ0n) is 57.8. The summed E-state index contributed by atoms with van der Waals surface area (Å²) < 4.78 is 23.2. The van der Waals surface area contributed by atoms with Crippen LogP contribution in [0.2, 0.25) is 0 Å². The Hall–Kier alpha value is -7.24. The molecule has 5 aromatic carbocycles. The Morgan fingerprint density at radius 2 is 0.823 bits per heavy atom. The monoisotopic (exact) mass is 1420 g/mol. The van der Waals surface area contributed by atoms with Gasteiger partial charge in [0, 0.05) is 62.4 Å². The normalized spacial score (nSPS) is 14.3. The van der Waals surface area contributed by atoms with Gasteiger partial charge in [-0.05, 0) is 305 Å². The maximum absolute atomic E-state index is 12.4. The number of anilines is 1. The molecule has 8 aromatic rings. The highest BCUT2D eigenvalue weighted by molar-refractivity contribution is 9.09. The Morgan fingerprint density at radius 1 is 0.490 bits per heavy atom. The Balaban J connectivity index is 0.000000154. The number of alkyl halides is 2. The number of phenols is 1. The van der Waals surface area contributed by atoms with Crippen molar-refractivity contribution in [2.75, 3.05) is 43.4 Å². The van der Waals surface area contributed by atoms with Gasteiger partial charge in [-0.3, -0.25) is 24.2 Å². The number of aromatic nitrogens is 3. The number of aromatic hydroxyl groups is 1. The molecule has 5 aliphatic rings. The van der Waals surface area contributed by atoms with Gasteiger partial charge >= 0.3 is 0 Å². The average molecular weight is 1420 g/mol. The molecule has 0 spiro atoms. The largest absolute Gasteiger partial charge is 0.508 e. The standard InChI is InChI=1S/C22H22N2O2S.C15H18N2OS.C14H17BrO2.C14H18O2.C10H12O2.C4H7Cl/c1-14-9-18(26-12-16-3-4-16)10-15(2)22(14)19-13-27-21(24-19)11-20(25)17-5-7-23-8-6-17;1-9-5-12(18-7-11-3-4-11)6-10(2)14(9)13-8-19-15(16)17-13;1-9-5-12(17-8-11-3-4-11)6-10(2)14(9)13(16)7-15;1-9-6-13(16-8-12-4-5-12)7-10(2)14(9)11(3)15;1-6-4-9(12)5-7(2)10(6)8(3)11;5-3-4-1-2-4/h5-10,13,16H,3-4,11-12H2,1-2H3;5-6,8,11H,3-4,7H2,1-2H3,(H2,16,17);5-6,11H,3-4,7-8H2,1-2H3;6-7,12H,4-5,8H2,1-3H3;4-5,12H,1-3H3;4H,1-3H2. The Bertz CT molecular complexity index is 3880. The van der Waals surface area contributed by atoms with E-state index in [9.17, 15) is 24.3 Å². The molecule has 0 bridgehead atoms. The van der Waals surface area contributed by atoms with Gasteiger partial charge in [-0.1, -0.05) is 15.9 Å². The number of rotatable bonds is 22. The molecule has 0 aliphatic heterocycles. The summed E-state index contributed by atoms with van der Waals surface area (Å²) in [5.74, 6) is 9.09. The number of carbonyl (C=O) groups excluding carboxylic acids is 4. The first-order valence-corrected chi connectivity index (χ1v) is 36.8. The fourth-order valence-corrected chi connectivity index (χ4v) is 13.3. The zero-order valence-corrected chi connectivity index (χ0v) is 61.8. The van der Waals surface area contributed by atoms with Crippen molar-refractivity contribution in [2.45, 2.75) is 154 Å². The van der Waals surface area contributed by atoms with Crippen LogP contribution in [0.4, 0.5) is 5.13 Å². The fraction of sp³-hybridized carbons (Fsp3) is 0.430. The van der Waals surface area contributed by atoms with Crippen molar-refractivity contribution in [3.05, 3.63) is 179 Å². The number of nitrogen functional groups attached to an aromatic ring is 1. The second-order valence-electron chi connectivity index (χ2n) is 26.5. The number of phenolic OH excluding ortho intramolecular Hbond substituents is 1. The lowest BCUT2D eigenvalue weighted by molar-refractivity contribution is 0.0988. The van der Waals surface area contributed by atoms with E-state index in [4.69, 9.17) is 41.3 Å². The molecule has 17 heteroatoms. The van der Waals surface area contributed by atoms with Crippen molar-refractivity contribution in [3.63, 3.8) is 0 Å². The molecule has 5 aliphatic carbocycles. The fourth-order valence-electron chi connectivity index (χ4n) is 11.3. The molecule has 0 amide bonds. The predicted octanol–water partition coefficient (Wildman–Crippen LogP) is 19.6. The molecule has 13 rings (SSSR count). The number of benzene rings is 5. The number of pyridine rings is 1. The second-order valence-corrected chi connectivity index (χ2v) is 29.2. The van der Waals surface area contributed by atoms with Crippen molar-refractivity contribution < 1.29 is 43.2 Å². The van der Waals surface area contributed by atoms with Crippen LogP contribution in [0.25, 0.3) is 22.5 Å². The minimum atomic E-state index is 0.0463. The van der Waals surface area contributed by atoms with Gasteiger partial charge in [0.05, 0.1) is 49.6 Å². The van der Waals surface area contributed by atoms with E-state index < -0.39 is 0 Å². The van der Waals surface area contributed by atoms with Crippen molar-refractivity contribution in [1.29, 1.82) is 0 Å². The molecule has 5 saturated carbocycles. The van der Waals surface area contributed by atoms with Gasteiger partial charge in [-0.25, -0.2) is 9.97 Å². The summed E-state index contributed by atoms with van der Waals surface area (Å²) in [6.07, 6.45) is 16.7.